The van der Waals surface area contributed by atoms with Crippen LogP contribution in [0.1, 0.15) is 17.0 Å². The van der Waals surface area contributed by atoms with Crippen molar-refractivity contribution in [2.24, 2.45) is 5.73 Å². The normalized spacial score (nSPS) is 12.2. The lowest BCUT2D eigenvalue weighted by molar-refractivity contribution is 0.592. The summed E-state index contributed by atoms with van der Waals surface area (Å²) in [5.74, 6) is 0. The molecule has 0 bridgehead atoms. The van der Waals surface area contributed by atoms with Gasteiger partial charge in [-0.25, -0.2) is 4.98 Å². The van der Waals surface area contributed by atoms with Gasteiger partial charge in [0.05, 0.1) is 11.4 Å². The molecule has 0 atom stereocenters. The average molecular weight is 601 g/mol. The molecule has 5 aromatic carbocycles. The first-order valence-corrected chi connectivity index (χ1v) is 16.5. The highest BCUT2D eigenvalue weighted by molar-refractivity contribution is 7.85. The topological polar surface area (TPSA) is 56.0 Å². The highest BCUT2D eigenvalue weighted by Crippen LogP contribution is 2.44. The molecule has 2 N–H and O–H groups in total. The Morgan fingerprint density at radius 1 is 0.622 bits per heavy atom. The van der Waals surface area contributed by atoms with E-state index in [1.165, 1.54) is 0 Å². The van der Waals surface area contributed by atoms with Crippen LogP contribution < -0.4 is 21.6 Å². The molecule has 0 unspecified atom stereocenters. The molecule has 45 heavy (non-hydrogen) atoms. The van der Waals surface area contributed by atoms with Crippen molar-refractivity contribution >= 4 is 45.0 Å². The number of nitrogens with two attached hydrogens (primary N) is 1. The van der Waals surface area contributed by atoms with Crippen molar-refractivity contribution in [3.63, 3.8) is 0 Å². The van der Waals surface area contributed by atoms with Crippen LogP contribution in [0.4, 0.5) is 0 Å². The quantitative estimate of drug-likeness (QED) is 0.134. The summed E-state index contributed by atoms with van der Waals surface area (Å²) in [6.07, 6.45) is 7.08. The Labute approximate surface area is 264 Å². The standard InChI is InChI=1S/C41H33N2OP/c1-3-16-30(4-2)40-39(36-23-14-15-24-37(36)41(43-40)38(29-42)31-17-8-5-9-18-31)32-25-27-35(28-26-32)45(44,33-19-10-6-11-20-33)34-21-12-7-13-22-34/h3-29H,1-2,42H2/b30-16+,38-29?. The van der Waals surface area contributed by atoms with E-state index in [1.807, 2.05) is 133 Å². The van der Waals surface area contributed by atoms with E-state index in [9.17, 15) is 0 Å². The summed E-state index contributed by atoms with van der Waals surface area (Å²) in [5.41, 5.74) is 12.4. The van der Waals surface area contributed by atoms with E-state index in [2.05, 4.69) is 25.3 Å². The van der Waals surface area contributed by atoms with Gasteiger partial charge in [-0.15, -0.1) is 0 Å². The molecule has 0 aliphatic carbocycles. The minimum atomic E-state index is -3.12. The van der Waals surface area contributed by atoms with Gasteiger partial charge in [0, 0.05) is 44.2 Å². The summed E-state index contributed by atoms with van der Waals surface area (Å²) >= 11 is 0. The van der Waals surface area contributed by atoms with Crippen molar-refractivity contribution in [2.45, 2.75) is 0 Å². The third-order valence-electron chi connectivity index (χ3n) is 7.97. The van der Waals surface area contributed by atoms with Gasteiger partial charge in [0.15, 0.2) is 7.14 Å². The summed E-state index contributed by atoms with van der Waals surface area (Å²) < 4.78 is 15.0. The zero-order valence-corrected chi connectivity index (χ0v) is 25.8. The van der Waals surface area contributed by atoms with Crippen LogP contribution >= 0.6 is 7.14 Å². The molecule has 0 amide bonds. The van der Waals surface area contributed by atoms with Gasteiger partial charge >= 0.3 is 0 Å². The first-order chi connectivity index (χ1) is 22.1. The van der Waals surface area contributed by atoms with Crippen molar-refractivity contribution in [3.05, 3.63) is 194 Å². The van der Waals surface area contributed by atoms with Gasteiger partial charge in [0.2, 0.25) is 0 Å². The van der Waals surface area contributed by atoms with Gasteiger partial charge in [0.1, 0.15) is 0 Å². The summed E-state index contributed by atoms with van der Waals surface area (Å²) in [5, 5.41) is 4.35. The van der Waals surface area contributed by atoms with Gasteiger partial charge in [0.25, 0.3) is 0 Å². The van der Waals surface area contributed by atoms with Crippen molar-refractivity contribution in [1.82, 2.24) is 4.98 Å². The van der Waals surface area contributed by atoms with E-state index in [0.29, 0.717) is 0 Å². The van der Waals surface area contributed by atoms with Crippen molar-refractivity contribution in [1.29, 1.82) is 0 Å². The first-order valence-electron chi connectivity index (χ1n) is 14.8. The van der Waals surface area contributed by atoms with E-state index in [0.717, 1.165) is 65.9 Å². The monoisotopic (exact) mass is 600 g/mol. The zero-order valence-electron chi connectivity index (χ0n) is 24.9. The predicted octanol–water partition coefficient (Wildman–Crippen LogP) is 8.64. The summed E-state index contributed by atoms with van der Waals surface area (Å²) in [7, 11) is -3.12. The number of allylic oxidation sites excluding steroid dienone is 4. The van der Waals surface area contributed by atoms with Crippen LogP contribution in [0.5, 0.6) is 0 Å². The molecule has 0 aliphatic rings. The van der Waals surface area contributed by atoms with E-state index >= 15 is 4.57 Å². The van der Waals surface area contributed by atoms with E-state index in [-0.39, 0.29) is 0 Å². The Morgan fingerprint density at radius 2 is 1.13 bits per heavy atom. The molecular weight excluding hydrogens is 567 g/mol. The molecule has 1 aromatic heterocycles. The molecule has 4 heteroatoms. The smallest absolute Gasteiger partial charge is 0.171 e. The van der Waals surface area contributed by atoms with Crippen LogP contribution in [-0.2, 0) is 4.57 Å². The number of rotatable bonds is 9. The molecule has 0 spiro atoms. The van der Waals surface area contributed by atoms with Gasteiger partial charge in [-0.3, -0.25) is 0 Å². The second-order valence-electron chi connectivity index (χ2n) is 10.6. The molecule has 218 valence electrons. The Morgan fingerprint density at radius 3 is 1.67 bits per heavy atom. The molecule has 0 aliphatic heterocycles. The first kappa shape index (κ1) is 29.6. The van der Waals surface area contributed by atoms with Crippen LogP contribution in [0.2, 0.25) is 0 Å². The third kappa shape index (κ3) is 5.51. The van der Waals surface area contributed by atoms with Gasteiger partial charge in [-0.05, 0) is 16.5 Å². The number of benzene rings is 5. The number of hydrogen-bond acceptors (Lipinski definition) is 3. The fraction of sp³-hybridized carbons (Fsp3) is 0. The van der Waals surface area contributed by atoms with Crippen molar-refractivity contribution in [2.75, 3.05) is 0 Å². The fourth-order valence-electron chi connectivity index (χ4n) is 5.83. The number of nitrogens with zero attached hydrogens (tertiary/aromatic N) is 1. The highest BCUT2D eigenvalue weighted by atomic mass is 31.2. The lowest BCUT2D eigenvalue weighted by Crippen LogP contribution is -2.24. The third-order valence-corrected chi connectivity index (χ3v) is 11.0. The van der Waals surface area contributed by atoms with E-state index < -0.39 is 7.14 Å². The highest BCUT2D eigenvalue weighted by Gasteiger charge is 2.30. The molecule has 6 aromatic rings. The second kappa shape index (κ2) is 13.0. The average Bonchev–Trinajstić information content (AvgIpc) is 3.11. The maximum atomic E-state index is 15.0. The SMILES string of the molecule is C=C/C=C(\C=C)c1nc(C(=CN)c2ccccc2)c2ccccc2c1-c1ccc(P(=O)(c2ccccc2)c2ccccc2)cc1. The molecular formula is C41H33N2OP. The van der Waals surface area contributed by atoms with Crippen LogP contribution in [0.25, 0.3) is 33.0 Å². The number of aromatic nitrogens is 1. The largest absolute Gasteiger partial charge is 0.404 e. The van der Waals surface area contributed by atoms with Crippen LogP contribution in [0.3, 0.4) is 0 Å². The Balaban J connectivity index is 1.60. The van der Waals surface area contributed by atoms with Crippen molar-refractivity contribution in [3.8, 4) is 11.1 Å². The lowest BCUT2D eigenvalue weighted by Gasteiger charge is -2.21. The number of hydrogen-bond donors (Lipinski definition) is 1. The molecule has 0 saturated carbocycles. The van der Waals surface area contributed by atoms with E-state index in [4.69, 9.17) is 10.7 Å². The number of pyridine rings is 1. The molecule has 6 rings (SSSR count). The second-order valence-corrected chi connectivity index (χ2v) is 13.3. The summed E-state index contributed by atoms with van der Waals surface area (Å²) in [4.78, 5) is 5.29. The Hall–Kier alpha value is -5.50. The van der Waals surface area contributed by atoms with Crippen molar-refractivity contribution < 1.29 is 4.57 Å². The van der Waals surface area contributed by atoms with Crippen LogP contribution in [0.15, 0.2) is 177 Å². The fourth-order valence-corrected chi connectivity index (χ4v) is 8.48. The maximum Gasteiger partial charge on any atom is 0.171 e. The lowest BCUT2D eigenvalue weighted by atomic mass is 9.90. The van der Waals surface area contributed by atoms with Crippen LogP contribution in [0, 0.1) is 0 Å². The molecule has 1 heterocycles. The molecule has 3 nitrogen and oxygen atoms in total. The Kier molecular flexibility index (Phi) is 8.55. The van der Waals surface area contributed by atoms with Crippen LogP contribution in [-0.4, -0.2) is 4.98 Å². The minimum absolute atomic E-state index is 0.760. The predicted molar refractivity (Wildman–Crippen MR) is 193 cm³/mol. The maximum absolute atomic E-state index is 15.0. The molecule has 0 saturated heterocycles. The van der Waals surface area contributed by atoms with E-state index in [1.54, 1.807) is 18.4 Å². The minimum Gasteiger partial charge on any atom is -0.404 e. The number of fused-ring (bicyclic) bond motifs is 1. The molecule has 0 fully saturated rings. The summed E-state index contributed by atoms with van der Waals surface area (Å²) in [6.45, 7) is 8.05. The van der Waals surface area contributed by atoms with Gasteiger partial charge < -0.3 is 10.3 Å². The summed E-state index contributed by atoms with van der Waals surface area (Å²) in [6, 6.07) is 45.8. The van der Waals surface area contributed by atoms with Gasteiger partial charge in [-0.1, -0.05) is 171 Å². The zero-order chi connectivity index (χ0) is 31.2. The Bertz CT molecular complexity index is 2050. The van der Waals surface area contributed by atoms with Gasteiger partial charge in [-0.2, -0.15) is 0 Å². The molecule has 0 radical (unpaired) electrons.